The van der Waals surface area contributed by atoms with Gasteiger partial charge in [-0.1, -0.05) is 31.0 Å². The second-order valence-corrected chi connectivity index (χ2v) is 5.56. The molecule has 100 valence electrons. The third-order valence-corrected chi connectivity index (χ3v) is 4.35. The molecule has 1 aromatic carbocycles. The van der Waals surface area contributed by atoms with Gasteiger partial charge in [-0.3, -0.25) is 9.48 Å². The molecule has 4 nitrogen and oxygen atoms in total. The lowest BCUT2D eigenvalue weighted by molar-refractivity contribution is -0.148. The van der Waals surface area contributed by atoms with Crippen molar-refractivity contribution in [2.45, 2.75) is 32.1 Å². The van der Waals surface area contributed by atoms with E-state index < -0.39 is 11.4 Å². The molecule has 1 saturated carbocycles. The molecule has 1 heterocycles. The van der Waals surface area contributed by atoms with E-state index in [4.69, 9.17) is 0 Å². The number of rotatable bonds is 3. The molecule has 0 saturated heterocycles. The van der Waals surface area contributed by atoms with Gasteiger partial charge in [0, 0.05) is 18.9 Å². The minimum absolute atomic E-state index is 0.545. The number of hydrogen-bond acceptors (Lipinski definition) is 2. The lowest BCUT2D eigenvalue weighted by Crippen LogP contribution is -2.30. The molecule has 0 unspecified atom stereocenters. The van der Waals surface area contributed by atoms with Crippen LogP contribution in [0.4, 0.5) is 0 Å². The summed E-state index contributed by atoms with van der Waals surface area (Å²) in [6, 6.07) is 8.02. The van der Waals surface area contributed by atoms with Crippen LogP contribution in [0.1, 0.15) is 31.4 Å². The smallest absolute Gasteiger partial charge is 0.310 e. The zero-order valence-corrected chi connectivity index (χ0v) is 11.1. The predicted octanol–water partition coefficient (Wildman–Crippen LogP) is 2.76. The molecule has 0 radical (unpaired) electrons. The molecule has 0 amide bonds. The van der Waals surface area contributed by atoms with Gasteiger partial charge in [-0.15, -0.1) is 0 Å². The average molecular weight is 258 g/mol. The summed E-state index contributed by atoms with van der Waals surface area (Å²) in [7, 11) is 1.91. The van der Waals surface area contributed by atoms with Gasteiger partial charge in [-0.05, 0) is 18.9 Å². The van der Waals surface area contributed by atoms with Crippen LogP contribution >= 0.6 is 0 Å². The summed E-state index contributed by atoms with van der Waals surface area (Å²) in [5.74, 6) is -0.667. The van der Waals surface area contributed by atoms with Gasteiger partial charge in [0.1, 0.15) is 0 Å². The van der Waals surface area contributed by atoms with Crippen LogP contribution in [0.3, 0.4) is 0 Å². The van der Waals surface area contributed by atoms with Crippen LogP contribution in [0, 0.1) is 5.41 Å². The Morgan fingerprint density at radius 2 is 2.05 bits per heavy atom. The van der Waals surface area contributed by atoms with Crippen LogP contribution in [0.25, 0.3) is 10.9 Å². The monoisotopic (exact) mass is 258 g/mol. The maximum atomic E-state index is 11.6. The Balaban J connectivity index is 2.03. The molecular formula is C15H18N2O2. The predicted molar refractivity (Wildman–Crippen MR) is 73.0 cm³/mol. The van der Waals surface area contributed by atoms with Gasteiger partial charge >= 0.3 is 5.97 Å². The van der Waals surface area contributed by atoms with Crippen molar-refractivity contribution in [1.82, 2.24) is 9.78 Å². The van der Waals surface area contributed by atoms with Crippen molar-refractivity contribution in [2.24, 2.45) is 12.5 Å². The molecule has 2 aromatic rings. The number of para-hydroxylation sites is 1. The number of benzene rings is 1. The van der Waals surface area contributed by atoms with E-state index in [9.17, 15) is 9.90 Å². The summed E-state index contributed by atoms with van der Waals surface area (Å²) < 4.78 is 1.84. The Morgan fingerprint density at radius 1 is 1.37 bits per heavy atom. The Labute approximate surface area is 112 Å². The maximum Gasteiger partial charge on any atom is 0.310 e. The van der Waals surface area contributed by atoms with E-state index >= 15 is 0 Å². The first-order chi connectivity index (χ1) is 9.12. The van der Waals surface area contributed by atoms with Gasteiger partial charge in [0.15, 0.2) is 0 Å². The highest BCUT2D eigenvalue weighted by Gasteiger charge is 2.42. The van der Waals surface area contributed by atoms with Crippen LogP contribution in [0.15, 0.2) is 24.3 Å². The van der Waals surface area contributed by atoms with Crippen LogP contribution in [-0.2, 0) is 18.3 Å². The lowest BCUT2D eigenvalue weighted by Gasteiger charge is -2.22. The number of aliphatic carboxylic acids is 1. The standard InChI is InChI=1S/C15H18N2O2/c1-17-13-7-3-2-6-11(13)12(16-17)10-15(14(18)19)8-4-5-9-15/h2-3,6-7H,4-5,8-10H2,1H3,(H,18,19). The van der Waals surface area contributed by atoms with Crippen molar-refractivity contribution in [3.63, 3.8) is 0 Å². The third-order valence-electron chi connectivity index (χ3n) is 4.35. The first-order valence-corrected chi connectivity index (χ1v) is 6.76. The largest absolute Gasteiger partial charge is 0.481 e. The summed E-state index contributed by atoms with van der Waals surface area (Å²) in [6.45, 7) is 0. The molecular weight excluding hydrogens is 240 g/mol. The first kappa shape index (κ1) is 12.2. The number of carboxylic acids is 1. The van der Waals surface area contributed by atoms with Gasteiger partial charge in [-0.2, -0.15) is 5.10 Å². The van der Waals surface area contributed by atoms with Crippen molar-refractivity contribution in [1.29, 1.82) is 0 Å². The summed E-state index contributed by atoms with van der Waals surface area (Å²) in [5.41, 5.74) is 1.38. The molecule has 1 fully saturated rings. The van der Waals surface area contributed by atoms with Crippen LogP contribution in [-0.4, -0.2) is 20.9 Å². The van der Waals surface area contributed by atoms with E-state index in [0.29, 0.717) is 6.42 Å². The number of hydrogen-bond donors (Lipinski definition) is 1. The molecule has 0 aliphatic heterocycles. The zero-order chi connectivity index (χ0) is 13.5. The fourth-order valence-corrected chi connectivity index (χ4v) is 3.26. The van der Waals surface area contributed by atoms with Crippen LogP contribution < -0.4 is 0 Å². The zero-order valence-electron chi connectivity index (χ0n) is 11.1. The lowest BCUT2D eigenvalue weighted by atomic mass is 9.81. The SMILES string of the molecule is Cn1nc(CC2(C(=O)O)CCCC2)c2ccccc21. The van der Waals surface area contributed by atoms with Gasteiger partial charge in [0.05, 0.1) is 16.6 Å². The maximum absolute atomic E-state index is 11.6. The quantitative estimate of drug-likeness (QED) is 0.921. The van der Waals surface area contributed by atoms with Crippen LogP contribution in [0.5, 0.6) is 0 Å². The summed E-state index contributed by atoms with van der Waals surface area (Å²) >= 11 is 0. The van der Waals surface area contributed by atoms with Gasteiger partial charge < -0.3 is 5.11 Å². The molecule has 1 aromatic heterocycles. The van der Waals surface area contributed by atoms with Gasteiger partial charge in [0.25, 0.3) is 0 Å². The minimum Gasteiger partial charge on any atom is -0.481 e. The minimum atomic E-state index is -0.667. The molecule has 3 rings (SSSR count). The number of fused-ring (bicyclic) bond motifs is 1. The van der Waals surface area contributed by atoms with Crippen molar-refractivity contribution >= 4 is 16.9 Å². The Morgan fingerprint density at radius 3 is 2.74 bits per heavy atom. The Hall–Kier alpha value is -1.84. The summed E-state index contributed by atoms with van der Waals surface area (Å²) in [6.07, 6.45) is 4.11. The van der Waals surface area contributed by atoms with Gasteiger partial charge in [-0.25, -0.2) is 0 Å². The number of aromatic nitrogens is 2. The summed E-state index contributed by atoms with van der Waals surface area (Å²) in [4.78, 5) is 11.6. The Kier molecular flexibility index (Phi) is 2.81. The summed E-state index contributed by atoms with van der Waals surface area (Å²) in [5, 5.41) is 15.2. The van der Waals surface area contributed by atoms with Crippen molar-refractivity contribution in [3.05, 3.63) is 30.0 Å². The molecule has 0 bridgehead atoms. The average Bonchev–Trinajstić information content (AvgIpc) is 2.98. The molecule has 1 aliphatic rings. The number of carbonyl (C=O) groups is 1. The highest BCUT2D eigenvalue weighted by Crippen LogP contribution is 2.42. The Bertz CT molecular complexity index is 624. The van der Waals surface area contributed by atoms with E-state index in [-0.39, 0.29) is 0 Å². The highest BCUT2D eigenvalue weighted by molar-refractivity contribution is 5.83. The van der Waals surface area contributed by atoms with Crippen molar-refractivity contribution in [2.75, 3.05) is 0 Å². The normalized spacial score (nSPS) is 17.9. The van der Waals surface area contributed by atoms with E-state index in [1.807, 2.05) is 36.0 Å². The number of carboxylic acid groups (broad SMARTS) is 1. The molecule has 1 N–H and O–H groups in total. The number of nitrogens with zero attached hydrogens (tertiary/aromatic N) is 2. The molecule has 0 atom stereocenters. The van der Waals surface area contributed by atoms with Gasteiger partial charge in [0.2, 0.25) is 0 Å². The van der Waals surface area contributed by atoms with E-state index in [1.165, 1.54) is 0 Å². The van der Waals surface area contributed by atoms with Crippen molar-refractivity contribution < 1.29 is 9.90 Å². The molecule has 1 aliphatic carbocycles. The molecule has 19 heavy (non-hydrogen) atoms. The number of aryl methyl sites for hydroxylation is 1. The fourth-order valence-electron chi connectivity index (χ4n) is 3.26. The second kappa shape index (κ2) is 4.37. The molecule has 4 heteroatoms. The fraction of sp³-hybridized carbons (Fsp3) is 0.467. The second-order valence-electron chi connectivity index (χ2n) is 5.56. The highest BCUT2D eigenvalue weighted by atomic mass is 16.4. The van der Waals surface area contributed by atoms with Crippen LogP contribution in [0.2, 0.25) is 0 Å². The van der Waals surface area contributed by atoms with E-state index in [1.54, 1.807) is 0 Å². The first-order valence-electron chi connectivity index (χ1n) is 6.76. The third kappa shape index (κ3) is 1.91. The van der Waals surface area contributed by atoms with E-state index in [2.05, 4.69) is 5.10 Å². The topological polar surface area (TPSA) is 55.1 Å². The van der Waals surface area contributed by atoms with Crippen molar-refractivity contribution in [3.8, 4) is 0 Å². The molecule has 0 spiro atoms. The van der Waals surface area contributed by atoms with E-state index in [0.717, 1.165) is 42.3 Å².